The molecule has 4 heteroatoms. The van der Waals surface area contributed by atoms with Gasteiger partial charge in [-0.3, -0.25) is 4.79 Å². The minimum absolute atomic E-state index is 0.438. The zero-order chi connectivity index (χ0) is 11.0. The van der Waals surface area contributed by atoms with Gasteiger partial charge in [-0.15, -0.1) is 0 Å². The minimum Gasteiger partial charge on any atom is -0.481 e. The topological polar surface area (TPSA) is 57.5 Å². The van der Waals surface area contributed by atoms with Crippen molar-refractivity contribution in [2.45, 2.75) is 18.9 Å². The smallest absolute Gasteiger partial charge is 0.309 e. The van der Waals surface area contributed by atoms with Crippen LogP contribution in [0, 0.1) is 5.92 Å². The van der Waals surface area contributed by atoms with Crippen LogP contribution in [0.3, 0.4) is 0 Å². The minimum atomic E-state index is -0.951. The third kappa shape index (κ3) is 1.73. The molecule has 0 fully saturated rings. The largest absolute Gasteiger partial charge is 0.481 e. The second-order valence-corrected chi connectivity index (χ2v) is 4.14. The van der Waals surface area contributed by atoms with Crippen LogP contribution in [0.5, 0.6) is 0 Å². The van der Waals surface area contributed by atoms with Gasteiger partial charge in [-0.2, -0.15) is 0 Å². The number of carbonyl (C=O) groups is 1. The zero-order valence-electron chi connectivity index (χ0n) is 7.98. The number of benzene rings is 1. The lowest BCUT2D eigenvalue weighted by Gasteiger charge is -2.27. The number of hydrogen-bond acceptors (Lipinski definition) is 2. The van der Waals surface area contributed by atoms with Gasteiger partial charge in [0.15, 0.2) is 0 Å². The Morgan fingerprint density at radius 3 is 2.87 bits per heavy atom. The Kier molecular flexibility index (Phi) is 2.67. The Morgan fingerprint density at radius 2 is 2.20 bits per heavy atom. The SMILES string of the molecule is O=C(O)C1CCc2c(Cl)cccc2C1O. The van der Waals surface area contributed by atoms with Crippen molar-refractivity contribution in [2.24, 2.45) is 5.92 Å². The number of fused-ring (bicyclic) bond motifs is 1. The van der Waals surface area contributed by atoms with Gasteiger partial charge in [0.1, 0.15) is 0 Å². The van der Waals surface area contributed by atoms with Gasteiger partial charge in [0.25, 0.3) is 0 Å². The van der Waals surface area contributed by atoms with Gasteiger partial charge >= 0.3 is 5.97 Å². The molecule has 80 valence electrons. The summed E-state index contributed by atoms with van der Waals surface area (Å²) in [5.41, 5.74) is 1.53. The molecule has 0 amide bonds. The first-order valence-electron chi connectivity index (χ1n) is 4.79. The van der Waals surface area contributed by atoms with E-state index in [2.05, 4.69) is 0 Å². The molecule has 1 aliphatic carbocycles. The summed E-state index contributed by atoms with van der Waals surface area (Å²) in [6, 6.07) is 5.23. The van der Waals surface area contributed by atoms with Crippen molar-refractivity contribution in [2.75, 3.05) is 0 Å². The van der Waals surface area contributed by atoms with Gasteiger partial charge < -0.3 is 10.2 Å². The summed E-state index contributed by atoms with van der Waals surface area (Å²) in [6.45, 7) is 0. The Hall–Kier alpha value is -1.06. The molecule has 0 saturated carbocycles. The van der Waals surface area contributed by atoms with Crippen molar-refractivity contribution in [3.05, 3.63) is 34.3 Å². The standard InChI is InChI=1S/C11H11ClO3/c12-9-3-1-2-7-6(9)4-5-8(10(7)13)11(14)15/h1-3,8,10,13H,4-5H2,(H,14,15). The van der Waals surface area contributed by atoms with Crippen LogP contribution in [-0.2, 0) is 11.2 Å². The van der Waals surface area contributed by atoms with Crippen LogP contribution in [0.2, 0.25) is 5.02 Å². The zero-order valence-corrected chi connectivity index (χ0v) is 8.74. The fraction of sp³-hybridized carbons (Fsp3) is 0.364. The number of aliphatic carboxylic acids is 1. The fourth-order valence-corrected chi connectivity index (χ4v) is 2.33. The molecule has 0 heterocycles. The van der Waals surface area contributed by atoms with Gasteiger partial charge in [0, 0.05) is 5.02 Å². The lowest BCUT2D eigenvalue weighted by atomic mass is 9.81. The molecule has 2 rings (SSSR count). The quantitative estimate of drug-likeness (QED) is 0.770. The molecular formula is C11H11ClO3. The summed E-state index contributed by atoms with van der Waals surface area (Å²) in [4.78, 5) is 10.9. The van der Waals surface area contributed by atoms with Gasteiger partial charge in [-0.05, 0) is 30.0 Å². The predicted molar refractivity (Wildman–Crippen MR) is 55.9 cm³/mol. The molecule has 1 aliphatic rings. The van der Waals surface area contributed by atoms with Gasteiger partial charge in [0.05, 0.1) is 12.0 Å². The first kappa shape index (κ1) is 10.5. The first-order chi connectivity index (χ1) is 7.11. The number of carboxylic acids is 1. The van der Waals surface area contributed by atoms with E-state index < -0.39 is 18.0 Å². The molecule has 2 unspecified atom stereocenters. The Labute approximate surface area is 92.3 Å². The molecular weight excluding hydrogens is 216 g/mol. The summed E-state index contributed by atoms with van der Waals surface area (Å²) >= 11 is 5.98. The first-order valence-corrected chi connectivity index (χ1v) is 5.17. The van der Waals surface area contributed by atoms with E-state index in [1.54, 1.807) is 18.2 Å². The van der Waals surface area contributed by atoms with Crippen LogP contribution in [0.15, 0.2) is 18.2 Å². The second kappa shape index (κ2) is 3.83. The van der Waals surface area contributed by atoms with Crippen LogP contribution in [0.1, 0.15) is 23.7 Å². The van der Waals surface area contributed by atoms with E-state index in [0.29, 0.717) is 23.4 Å². The molecule has 2 atom stereocenters. The summed E-state index contributed by atoms with van der Waals surface area (Å²) in [5.74, 6) is -1.66. The highest BCUT2D eigenvalue weighted by atomic mass is 35.5. The molecule has 2 N–H and O–H groups in total. The van der Waals surface area contributed by atoms with Gasteiger partial charge in [0.2, 0.25) is 0 Å². The highest BCUT2D eigenvalue weighted by Crippen LogP contribution is 2.37. The Morgan fingerprint density at radius 1 is 1.47 bits per heavy atom. The summed E-state index contributed by atoms with van der Waals surface area (Å²) in [6.07, 6.45) is 0.112. The Bertz CT molecular complexity index is 403. The maximum Gasteiger partial charge on any atom is 0.309 e. The number of aliphatic hydroxyl groups excluding tert-OH is 1. The van der Waals surface area contributed by atoms with Gasteiger partial charge in [-0.25, -0.2) is 0 Å². The monoisotopic (exact) mass is 226 g/mol. The van der Waals surface area contributed by atoms with Crippen LogP contribution in [0.25, 0.3) is 0 Å². The summed E-state index contributed by atoms with van der Waals surface area (Å²) < 4.78 is 0. The molecule has 1 aromatic rings. The lowest BCUT2D eigenvalue weighted by molar-refractivity contribution is -0.146. The number of hydrogen-bond donors (Lipinski definition) is 2. The number of carboxylic acid groups (broad SMARTS) is 1. The Balaban J connectivity index is 2.42. The van der Waals surface area contributed by atoms with E-state index in [9.17, 15) is 9.90 Å². The normalized spacial score (nSPS) is 24.7. The summed E-state index contributed by atoms with van der Waals surface area (Å²) in [7, 11) is 0. The summed E-state index contributed by atoms with van der Waals surface area (Å²) in [5, 5.41) is 19.4. The maximum atomic E-state index is 10.9. The average molecular weight is 227 g/mol. The molecule has 15 heavy (non-hydrogen) atoms. The van der Waals surface area contributed by atoms with E-state index >= 15 is 0 Å². The van der Waals surface area contributed by atoms with Crippen LogP contribution >= 0.6 is 11.6 Å². The average Bonchev–Trinajstić information content (AvgIpc) is 2.19. The van der Waals surface area contributed by atoms with E-state index in [1.165, 1.54) is 0 Å². The highest BCUT2D eigenvalue weighted by molar-refractivity contribution is 6.31. The molecule has 1 aromatic carbocycles. The molecule has 3 nitrogen and oxygen atoms in total. The number of halogens is 1. The van der Waals surface area contributed by atoms with Crippen LogP contribution < -0.4 is 0 Å². The van der Waals surface area contributed by atoms with E-state index in [-0.39, 0.29) is 0 Å². The molecule has 0 radical (unpaired) electrons. The van der Waals surface area contributed by atoms with Crippen molar-refractivity contribution >= 4 is 17.6 Å². The molecule has 0 aliphatic heterocycles. The molecule has 0 spiro atoms. The molecule has 0 bridgehead atoms. The van der Waals surface area contributed by atoms with E-state index in [0.717, 1.165) is 5.56 Å². The van der Waals surface area contributed by atoms with Crippen LogP contribution in [0.4, 0.5) is 0 Å². The number of rotatable bonds is 1. The van der Waals surface area contributed by atoms with Crippen molar-refractivity contribution in [3.63, 3.8) is 0 Å². The van der Waals surface area contributed by atoms with Crippen LogP contribution in [-0.4, -0.2) is 16.2 Å². The van der Waals surface area contributed by atoms with E-state index in [1.807, 2.05) is 0 Å². The fourth-order valence-electron chi connectivity index (χ4n) is 2.05. The maximum absolute atomic E-state index is 10.9. The number of aliphatic hydroxyl groups is 1. The van der Waals surface area contributed by atoms with Crippen molar-refractivity contribution < 1.29 is 15.0 Å². The van der Waals surface area contributed by atoms with Crippen molar-refractivity contribution in [1.29, 1.82) is 0 Å². The second-order valence-electron chi connectivity index (χ2n) is 3.74. The predicted octanol–water partition coefficient (Wildman–Crippen LogP) is 2.02. The third-order valence-electron chi connectivity index (χ3n) is 2.88. The third-order valence-corrected chi connectivity index (χ3v) is 3.23. The van der Waals surface area contributed by atoms with E-state index in [4.69, 9.17) is 16.7 Å². The van der Waals surface area contributed by atoms with Crippen molar-refractivity contribution in [3.8, 4) is 0 Å². The highest BCUT2D eigenvalue weighted by Gasteiger charge is 2.33. The van der Waals surface area contributed by atoms with Crippen molar-refractivity contribution in [1.82, 2.24) is 0 Å². The van der Waals surface area contributed by atoms with Gasteiger partial charge in [-0.1, -0.05) is 23.7 Å². The molecule has 0 aromatic heterocycles. The lowest BCUT2D eigenvalue weighted by Crippen LogP contribution is -2.27. The molecule has 0 saturated heterocycles.